The van der Waals surface area contributed by atoms with Crippen LogP contribution in [0, 0.1) is 0 Å². The molecule has 0 aliphatic heterocycles. The summed E-state index contributed by atoms with van der Waals surface area (Å²) in [6.07, 6.45) is 4.25. The molecule has 1 amide bonds. The summed E-state index contributed by atoms with van der Waals surface area (Å²) >= 11 is 0. The molecule has 0 saturated carbocycles. The molecule has 0 fully saturated rings. The number of rotatable bonds is 6. The van der Waals surface area contributed by atoms with Gasteiger partial charge in [-0.25, -0.2) is 0 Å². The molecular formula is C16H21N3O. The van der Waals surface area contributed by atoms with Gasteiger partial charge in [0.05, 0.1) is 0 Å². The number of aryl methyl sites for hydroxylation is 1. The van der Waals surface area contributed by atoms with Gasteiger partial charge in [-0.3, -0.25) is 4.79 Å². The summed E-state index contributed by atoms with van der Waals surface area (Å²) < 4.78 is 2.16. The van der Waals surface area contributed by atoms with Crippen molar-refractivity contribution in [1.82, 2.24) is 15.2 Å². The SMILES string of the molecule is CCn1ccc(CNCc2ccc(C(=O)NC)cc2)c1. The Labute approximate surface area is 119 Å². The minimum absolute atomic E-state index is 0.0505. The molecule has 0 bridgehead atoms. The minimum Gasteiger partial charge on any atom is -0.355 e. The van der Waals surface area contributed by atoms with Crippen molar-refractivity contribution in [1.29, 1.82) is 0 Å². The molecule has 0 atom stereocenters. The van der Waals surface area contributed by atoms with Crippen LogP contribution in [0.25, 0.3) is 0 Å². The molecule has 4 nitrogen and oxygen atoms in total. The Kier molecular flexibility index (Phi) is 4.96. The summed E-state index contributed by atoms with van der Waals surface area (Å²) in [5.74, 6) is -0.0505. The van der Waals surface area contributed by atoms with Crippen LogP contribution in [0.2, 0.25) is 0 Å². The first-order valence-corrected chi connectivity index (χ1v) is 6.89. The Morgan fingerprint density at radius 1 is 1.10 bits per heavy atom. The van der Waals surface area contributed by atoms with Gasteiger partial charge in [-0.1, -0.05) is 12.1 Å². The fraction of sp³-hybridized carbons (Fsp3) is 0.312. The highest BCUT2D eigenvalue weighted by molar-refractivity contribution is 5.93. The van der Waals surface area contributed by atoms with Crippen molar-refractivity contribution in [3.63, 3.8) is 0 Å². The van der Waals surface area contributed by atoms with Gasteiger partial charge in [0.25, 0.3) is 5.91 Å². The lowest BCUT2D eigenvalue weighted by Gasteiger charge is -2.05. The number of aromatic nitrogens is 1. The number of nitrogens with one attached hydrogen (secondary N) is 2. The number of carbonyl (C=O) groups excluding carboxylic acids is 1. The van der Waals surface area contributed by atoms with Crippen LogP contribution in [-0.4, -0.2) is 17.5 Å². The van der Waals surface area contributed by atoms with E-state index in [0.29, 0.717) is 5.56 Å². The molecular weight excluding hydrogens is 250 g/mol. The Morgan fingerprint density at radius 3 is 2.40 bits per heavy atom. The van der Waals surface area contributed by atoms with Crippen molar-refractivity contribution in [2.24, 2.45) is 0 Å². The van der Waals surface area contributed by atoms with Crippen molar-refractivity contribution in [3.8, 4) is 0 Å². The molecule has 1 aromatic heterocycles. The highest BCUT2D eigenvalue weighted by Gasteiger charge is 2.02. The van der Waals surface area contributed by atoms with Crippen LogP contribution >= 0.6 is 0 Å². The molecule has 2 rings (SSSR count). The van der Waals surface area contributed by atoms with E-state index in [1.807, 2.05) is 24.3 Å². The quantitative estimate of drug-likeness (QED) is 0.845. The van der Waals surface area contributed by atoms with Gasteiger partial charge in [-0.05, 0) is 36.2 Å². The smallest absolute Gasteiger partial charge is 0.251 e. The fourth-order valence-electron chi connectivity index (χ4n) is 2.06. The summed E-state index contributed by atoms with van der Waals surface area (Å²) in [6.45, 7) is 4.78. The van der Waals surface area contributed by atoms with Crippen molar-refractivity contribution in [2.45, 2.75) is 26.6 Å². The molecule has 0 aliphatic rings. The summed E-state index contributed by atoms with van der Waals surface area (Å²) in [5, 5.41) is 6.02. The van der Waals surface area contributed by atoms with Gasteiger partial charge in [-0.2, -0.15) is 0 Å². The van der Waals surface area contributed by atoms with Gasteiger partial charge in [0.2, 0.25) is 0 Å². The number of hydrogen-bond donors (Lipinski definition) is 2. The van der Waals surface area contributed by atoms with E-state index in [1.54, 1.807) is 7.05 Å². The third-order valence-corrected chi connectivity index (χ3v) is 3.28. The molecule has 1 heterocycles. The van der Waals surface area contributed by atoms with Crippen LogP contribution < -0.4 is 10.6 Å². The summed E-state index contributed by atoms with van der Waals surface area (Å²) in [7, 11) is 1.64. The second kappa shape index (κ2) is 6.91. The van der Waals surface area contributed by atoms with Crippen LogP contribution in [0.3, 0.4) is 0 Å². The molecule has 2 aromatic rings. The maximum atomic E-state index is 11.4. The highest BCUT2D eigenvalue weighted by atomic mass is 16.1. The third kappa shape index (κ3) is 3.71. The first kappa shape index (κ1) is 14.3. The zero-order valence-electron chi connectivity index (χ0n) is 12.0. The second-order valence-electron chi connectivity index (χ2n) is 4.73. The van der Waals surface area contributed by atoms with Gasteiger partial charge in [0.15, 0.2) is 0 Å². The Balaban J connectivity index is 1.83. The lowest BCUT2D eigenvalue weighted by molar-refractivity contribution is 0.0963. The third-order valence-electron chi connectivity index (χ3n) is 3.28. The molecule has 1 aromatic carbocycles. The zero-order chi connectivity index (χ0) is 14.4. The van der Waals surface area contributed by atoms with E-state index in [4.69, 9.17) is 0 Å². The second-order valence-corrected chi connectivity index (χ2v) is 4.73. The summed E-state index contributed by atoms with van der Waals surface area (Å²) in [6, 6.07) is 9.79. The number of hydrogen-bond acceptors (Lipinski definition) is 2. The Hall–Kier alpha value is -2.07. The Bertz CT molecular complexity index is 557. The lowest BCUT2D eigenvalue weighted by Crippen LogP contribution is -2.18. The van der Waals surface area contributed by atoms with Gasteiger partial charge in [0.1, 0.15) is 0 Å². The predicted molar refractivity (Wildman–Crippen MR) is 80.5 cm³/mol. The van der Waals surface area contributed by atoms with E-state index in [9.17, 15) is 4.79 Å². The monoisotopic (exact) mass is 271 g/mol. The number of amides is 1. The Morgan fingerprint density at radius 2 is 1.80 bits per heavy atom. The lowest BCUT2D eigenvalue weighted by atomic mass is 10.1. The van der Waals surface area contributed by atoms with Crippen molar-refractivity contribution in [2.75, 3.05) is 7.05 Å². The van der Waals surface area contributed by atoms with Crippen molar-refractivity contribution < 1.29 is 4.79 Å². The minimum atomic E-state index is -0.0505. The number of benzene rings is 1. The maximum absolute atomic E-state index is 11.4. The van der Waals surface area contributed by atoms with E-state index in [-0.39, 0.29) is 5.91 Å². The van der Waals surface area contributed by atoms with Gasteiger partial charge < -0.3 is 15.2 Å². The van der Waals surface area contributed by atoms with Crippen molar-refractivity contribution >= 4 is 5.91 Å². The van der Waals surface area contributed by atoms with E-state index in [1.165, 1.54) is 11.1 Å². The van der Waals surface area contributed by atoms with Crippen LogP contribution in [0.15, 0.2) is 42.7 Å². The highest BCUT2D eigenvalue weighted by Crippen LogP contribution is 2.05. The molecule has 0 spiro atoms. The van der Waals surface area contributed by atoms with Crippen LogP contribution in [0.1, 0.15) is 28.4 Å². The zero-order valence-corrected chi connectivity index (χ0v) is 12.0. The topological polar surface area (TPSA) is 46.1 Å². The molecule has 0 saturated heterocycles. The van der Waals surface area contributed by atoms with E-state index in [0.717, 1.165) is 19.6 Å². The number of carbonyl (C=O) groups is 1. The molecule has 0 unspecified atom stereocenters. The van der Waals surface area contributed by atoms with Gasteiger partial charge >= 0.3 is 0 Å². The average molecular weight is 271 g/mol. The maximum Gasteiger partial charge on any atom is 0.251 e. The van der Waals surface area contributed by atoms with E-state index in [2.05, 4.69) is 40.6 Å². The van der Waals surface area contributed by atoms with Gasteiger partial charge in [-0.15, -0.1) is 0 Å². The molecule has 0 radical (unpaired) electrons. The normalized spacial score (nSPS) is 10.5. The largest absolute Gasteiger partial charge is 0.355 e. The molecule has 20 heavy (non-hydrogen) atoms. The van der Waals surface area contributed by atoms with Crippen LogP contribution in [0.5, 0.6) is 0 Å². The summed E-state index contributed by atoms with van der Waals surface area (Å²) in [4.78, 5) is 11.4. The first-order valence-electron chi connectivity index (χ1n) is 6.89. The van der Waals surface area contributed by atoms with Crippen molar-refractivity contribution in [3.05, 3.63) is 59.4 Å². The fourth-order valence-corrected chi connectivity index (χ4v) is 2.06. The van der Waals surface area contributed by atoms with Crippen LogP contribution in [0.4, 0.5) is 0 Å². The van der Waals surface area contributed by atoms with E-state index >= 15 is 0 Å². The van der Waals surface area contributed by atoms with Crippen LogP contribution in [-0.2, 0) is 19.6 Å². The average Bonchev–Trinajstić information content (AvgIpc) is 2.95. The molecule has 4 heteroatoms. The number of nitrogens with zero attached hydrogens (tertiary/aromatic N) is 1. The summed E-state index contributed by atoms with van der Waals surface area (Å²) in [5.41, 5.74) is 3.15. The molecule has 2 N–H and O–H groups in total. The van der Waals surface area contributed by atoms with E-state index < -0.39 is 0 Å². The predicted octanol–water partition coefficient (Wildman–Crippen LogP) is 2.16. The van der Waals surface area contributed by atoms with Gasteiger partial charge in [0, 0.05) is 44.6 Å². The molecule has 0 aliphatic carbocycles. The molecule has 106 valence electrons. The standard InChI is InChI=1S/C16H21N3O/c1-3-19-9-8-14(12-19)11-18-10-13-4-6-15(7-5-13)16(20)17-2/h4-9,12,18H,3,10-11H2,1-2H3,(H,17,20). The first-order chi connectivity index (χ1) is 9.72.